The van der Waals surface area contributed by atoms with Gasteiger partial charge in [-0.25, -0.2) is 13.5 Å². The molecule has 8 heteroatoms. The van der Waals surface area contributed by atoms with E-state index in [9.17, 15) is 13.6 Å². The van der Waals surface area contributed by atoms with Crippen LogP contribution in [-0.2, 0) is 6.54 Å². The van der Waals surface area contributed by atoms with Crippen molar-refractivity contribution < 1.29 is 18.7 Å². The maximum absolute atomic E-state index is 12.8. The summed E-state index contributed by atoms with van der Waals surface area (Å²) in [6, 6.07) is 0. The molecule has 1 heterocycles. The molecule has 1 amide bonds. The van der Waals surface area contributed by atoms with Gasteiger partial charge in [-0.3, -0.25) is 4.79 Å². The lowest BCUT2D eigenvalue weighted by atomic mass is 10.1. The average molecular weight is 248 g/mol. The molecule has 0 aliphatic rings. The first kappa shape index (κ1) is 13.5. The smallest absolute Gasteiger partial charge is 0.282 e. The van der Waals surface area contributed by atoms with Crippen LogP contribution in [0.15, 0.2) is 0 Å². The second kappa shape index (κ2) is 5.67. The van der Waals surface area contributed by atoms with Crippen LogP contribution >= 0.6 is 0 Å². The molecule has 6 nitrogen and oxygen atoms in total. The van der Waals surface area contributed by atoms with Gasteiger partial charge >= 0.3 is 0 Å². The summed E-state index contributed by atoms with van der Waals surface area (Å²) in [6.45, 7) is 1.89. The van der Waals surface area contributed by atoms with Crippen molar-refractivity contribution >= 4 is 5.91 Å². The maximum atomic E-state index is 12.8. The molecule has 0 fully saturated rings. The van der Waals surface area contributed by atoms with Gasteiger partial charge in [0.2, 0.25) is 0 Å². The Kier molecular flexibility index (Phi) is 4.50. The third-order valence-corrected chi connectivity index (χ3v) is 2.32. The van der Waals surface area contributed by atoms with Crippen molar-refractivity contribution in [2.45, 2.75) is 26.3 Å². The number of aliphatic hydroxyl groups excluding tert-OH is 1. The van der Waals surface area contributed by atoms with Gasteiger partial charge in [0.15, 0.2) is 5.69 Å². The highest BCUT2D eigenvalue weighted by Gasteiger charge is 2.25. The minimum absolute atomic E-state index is 0.0391. The van der Waals surface area contributed by atoms with Crippen LogP contribution in [-0.4, -0.2) is 32.6 Å². The summed E-state index contributed by atoms with van der Waals surface area (Å²) in [4.78, 5) is 10.9. The van der Waals surface area contributed by atoms with Crippen LogP contribution in [0.4, 0.5) is 8.78 Å². The van der Waals surface area contributed by atoms with E-state index in [0.29, 0.717) is 6.42 Å². The van der Waals surface area contributed by atoms with Gasteiger partial charge in [-0.05, 0) is 12.3 Å². The van der Waals surface area contributed by atoms with E-state index in [-0.39, 0.29) is 19.1 Å². The number of halogens is 2. The first-order chi connectivity index (χ1) is 7.97. The van der Waals surface area contributed by atoms with Gasteiger partial charge in [0.05, 0.1) is 0 Å². The summed E-state index contributed by atoms with van der Waals surface area (Å²) >= 11 is 0. The van der Waals surface area contributed by atoms with Crippen molar-refractivity contribution in [2.75, 3.05) is 6.61 Å². The Balaban J connectivity index is 2.96. The van der Waals surface area contributed by atoms with Crippen LogP contribution < -0.4 is 5.73 Å². The topological polar surface area (TPSA) is 94.0 Å². The number of carbonyl (C=O) groups excluding carboxylic acids is 1. The SMILES string of the molecule is CC(CCO)Cn1nnc(C(N)=O)c1C(F)F. The molecule has 1 aromatic heterocycles. The summed E-state index contributed by atoms with van der Waals surface area (Å²) < 4.78 is 26.5. The molecule has 96 valence electrons. The first-order valence-electron chi connectivity index (χ1n) is 5.09. The number of hydrogen-bond acceptors (Lipinski definition) is 4. The monoisotopic (exact) mass is 248 g/mol. The van der Waals surface area contributed by atoms with Crippen molar-refractivity contribution in [3.63, 3.8) is 0 Å². The summed E-state index contributed by atoms with van der Waals surface area (Å²) in [5.74, 6) is -1.08. The van der Waals surface area contributed by atoms with E-state index in [2.05, 4.69) is 10.3 Å². The normalized spacial score (nSPS) is 13.0. The van der Waals surface area contributed by atoms with Gasteiger partial charge in [-0.15, -0.1) is 5.10 Å². The highest BCUT2D eigenvalue weighted by atomic mass is 19.3. The van der Waals surface area contributed by atoms with Crippen LogP contribution in [0.3, 0.4) is 0 Å². The fourth-order valence-corrected chi connectivity index (χ4v) is 1.45. The third kappa shape index (κ3) is 3.19. The first-order valence-corrected chi connectivity index (χ1v) is 5.09. The number of primary amides is 1. The summed E-state index contributed by atoms with van der Waals surface area (Å²) in [5.41, 5.74) is 3.86. The zero-order chi connectivity index (χ0) is 13.0. The number of nitrogens with zero attached hydrogens (tertiary/aromatic N) is 3. The number of rotatable bonds is 6. The number of amides is 1. The molecule has 0 radical (unpaired) electrons. The van der Waals surface area contributed by atoms with Gasteiger partial charge in [0.1, 0.15) is 5.69 Å². The largest absolute Gasteiger partial charge is 0.396 e. The quantitative estimate of drug-likeness (QED) is 0.758. The van der Waals surface area contributed by atoms with Crippen LogP contribution in [0, 0.1) is 5.92 Å². The molecule has 1 unspecified atom stereocenters. The number of aliphatic hydroxyl groups is 1. The fourth-order valence-electron chi connectivity index (χ4n) is 1.45. The van der Waals surface area contributed by atoms with Crippen LogP contribution in [0.1, 0.15) is 36.0 Å². The number of alkyl halides is 2. The maximum Gasteiger partial charge on any atom is 0.282 e. The molecule has 0 spiro atoms. The molecule has 0 bridgehead atoms. The Labute approximate surface area is 96.4 Å². The Bertz CT molecular complexity index is 394. The van der Waals surface area contributed by atoms with Gasteiger partial charge in [-0.2, -0.15) is 0 Å². The van der Waals surface area contributed by atoms with Crippen molar-refractivity contribution in [3.8, 4) is 0 Å². The summed E-state index contributed by atoms with van der Waals surface area (Å²) in [5, 5.41) is 15.6. The van der Waals surface area contributed by atoms with Crippen molar-refractivity contribution in [1.82, 2.24) is 15.0 Å². The van der Waals surface area contributed by atoms with Gasteiger partial charge in [-0.1, -0.05) is 12.1 Å². The molecule has 0 saturated heterocycles. The molecule has 1 rings (SSSR count). The predicted octanol–water partition coefficient (Wildman–Crippen LogP) is 0.333. The lowest BCUT2D eigenvalue weighted by Crippen LogP contribution is -2.17. The molecule has 1 atom stereocenters. The van der Waals surface area contributed by atoms with E-state index in [1.807, 2.05) is 0 Å². The molecule has 3 N–H and O–H groups in total. The second-order valence-corrected chi connectivity index (χ2v) is 3.79. The molecular formula is C9H14F2N4O2. The van der Waals surface area contributed by atoms with Gasteiger partial charge in [0, 0.05) is 13.2 Å². The van der Waals surface area contributed by atoms with Crippen molar-refractivity contribution in [3.05, 3.63) is 11.4 Å². The van der Waals surface area contributed by atoms with Crippen LogP contribution in [0.2, 0.25) is 0 Å². The zero-order valence-electron chi connectivity index (χ0n) is 9.31. The van der Waals surface area contributed by atoms with E-state index in [4.69, 9.17) is 10.8 Å². The molecule has 1 aromatic rings. The number of nitrogens with two attached hydrogens (primary N) is 1. The average Bonchev–Trinajstić information content (AvgIpc) is 2.61. The zero-order valence-corrected chi connectivity index (χ0v) is 9.31. The van der Waals surface area contributed by atoms with E-state index in [1.165, 1.54) is 0 Å². The van der Waals surface area contributed by atoms with Crippen LogP contribution in [0.5, 0.6) is 0 Å². The van der Waals surface area contributed by atoms with Gasteiger partial charge < -0.3 is 10.8 Å². The highest BCUT2D eigenvalue weighted by Crippen LogP contribution is 2.22. The minimum atomic E-state index is -2.87. The lowest BCUT2D eigenvalue weighted by Gasteiger charge is -2.11. The highest BCUT2D eigenvalue weighted by molar-refractivity contribution is 5.91. The number of aromatic nitrogens is 3. The van der Waals surface area contributed by atoms with E-state index >= 15 is 0 Å². The number of hydrogen-bond donors (Lipinski definition) is 2. The Morgan fingerprint density at radius 1 is 1.59 bits per heavy atom. The molecular weight excluding hydrogens is 234 g/mol. The molecule has 0 saturated carbocycles. The Morgan fingerprint density at radius 2 is 2.24 bits per heavy atom. The molecule has 0 aliphatic carbocycles. The predicted molar refractivity (Wildman–Crippen MR) is 54.4 cm³/mol. The lowest BCUT2D eigenvalue weighted by molar-refractivity contribution is 0.0975. The number of carbonyl (C=O) groups is 1. The fraction of sp³-hybridized carbons (Fsp3) is 0.667. The minimum Gasteiger partial charge on any atom is -0.396 e. The van der Waals surface area contributed by atoms with Crippen molar-refractivity contribution in [2.24, 2.45) is 11.7 Å². The Morgan fingerprint density at radius 3 is 2.71 bits per heavy atom. The molecule has 0 aromatic carbocycles. The second-order valence-electron chi connectivity index (χ2n) is 3.79. The molecule has 0 aliphatic heterocycles. The van der Waals surface area contributed by atoms with Gasteiger partial charge in [0.25, 0.3) is 12.3 Å². The van der Waals surface area contributed by atoms with E-state index in [0.717, 1.165) is 4.68 Å². The van der Waals surface area contributed by atoms with Crippen LogP contribution in [0.25, 0.3) is 0 Å². The molecule has 17 heavy (non-hydrogen) atoms. The summed E-state index contributed by atoms with van der Waals surface area (Å²) in [7, 11) is 0. The van der Waals surface area contributed by atoms with Crippen molar-refractivity contribution in [1.29, 1.82) is 0 Å². The summed E-state index contributed by atoms with van der Waals surface area (Å²) in [6.07, 6.45) is -2.41. The van der Waals surface area contributed by atoms with E-state index in [1.54, 1.807) is 6.92 Å². The third-order valence-electron chi connectivity index (χ3n) is 2.32. The van der Waals surface area contributed by atoms with E-state index < -0.39 is 23.7 Å². The standard InChI is InChI=1S/C9H14F2N4O2/c1-5(2-3-16)4-15-7(8(10)11)6(9(12)17)13-14-15/h5,8,16H,2-4H2,1H3,(H2,12,17). The Hall–Kier alpha value is -1.57.